The molecule has 0 saturated heterocycles. The van der Waals surface area contributed by atoms with Crippen LogP contribution in [0.5, 0.6) is 5.75 Å². The molecule has 23 heavy (non-hydrogen) atoms. The van der Waals surface area contributed by atoms with E-state index in [0.29, 0.717) is 0 Å². The molecule has 3 aromatic rings. The number of hydrogen-bond donors (Lipinski definition) is 0. The van der Waals surface area contributed by atoms with Crippen LogP contribution in [0.25, 0.3) is 0 Å². The molecule has 0 fully saturated rings. The largest absolute Gasteiger partial charge is 0.480 e. The predicted octanol–water partition coefficient (Wildman–Crippen LogP) is 4.22. The Morgan fingerprint density at radius 2 is 1.83 bits per heavy atom. The SMILES string of the molecule is O=[N+]([O-])c1ccccc1OCc1csc(Cc2ccccc2)n1. The van der Waals surface area contributed by atoms with Crippen molar-refractivity contribution < 1.29 is 9.66 Å². The van der Waals surface area contributed by atoms with E-state index >= 15 is 0 Å². The Bertz CT molecular complexity index is 802. The summed E-state index contributed by atoms with van der Waals surface area (Å²) in [4.78, 5) is 15.0. The van der Waals surface area contributed by atoms with E-state index in [1.807, 2.05) is 23.6 Å². The monoisotopic (exact) mass is 326 g/mol. The highest BCUT2D eigenvalue weighted by molar-refractivity contribution is 7.09. The van der Waals surface area contributed by atoms with Crippen LogP contribution in [0.1, 0.15) is 16.3 Å². The number of rotatable bonds is 6. The molecule has 0 spiro atoms. The first-order valence-electron chi connectivity index (χ1n) is 7.06. The van der Waals surface area contributed by atoms with Gasteiger partial charge in [0.2, 0.25) is 0 Å². The van der Waals surface area contributed by atoms with Gasteiger partial charge in [0.05, 0.1) is 15.6 Å². The highest BCUT2D eigenvalue weighted by Gasteiger charge is 2.14. The summed E-state index contributed by atoms with van der Waals surface area (Å²) in [6.45, 7) is 0.218. The minimum atomic E-state index is -0.447. The molecule has 0 bridgehead atoms. The molecule has 0 unspecified atom stereocenters. The van der Waals surface area contributed by atoms with Crippen molar-refractivity contribution in [3.63, 3.8) is 0 Å². The Morgan fingerprint density at radius 1 is 1.09 bits per heavy atom. The zero-order valence-electron chi connectivity index (χ0n) is 12.2. The number of nitrogens with zero attached hydrogens (tertiary/aromatic N) is 2. The zero-order valence-corrected chi connectivity index (χ0v) is 13.0. The van der Waals surface area contributed by atoms with E-state index in [2.05, 4.69) is 17.1 Å². The van der Waals surface area contributed by atoms with Gasteiger partial charge < -0.3 is 4.74 Å². The number of para-hydroxylation sites is 2. The summed E-state index contributed by atoms with van der Waals surface area (Å²) >= 11 is 1.57. The third-order valence-electron chi connectivity index (χ3n) is 3.23. The number of hydrogen-bond acceptors (Lipinski definition) is 5. The van der Waals surface area contributed by atoms with Gasteiger partial charge in [-0.25, -0.2) is 4.98 Å². The maximum absolute atomic E-state index is 11.0. The summed E-state index contributed by atoms with van der Waals surface area (Å²) in [5.41, 5.74) is 1.94. The molecule has 2 aromatic carbocycles. The highest BCUT2D eigenvalue weighted by atomic mass is 32.1. The van der Waals surface area contributed by atoms with Crippen molar-refractivity contribution in [3.8, 4) is 5.75 Å². The van der Waals surface area contributed by atoms with Crippen LogP contribution in [-0.4, -0.2) is 9.91 Å². The molecule has 0 atom stereocenters. The van der Waals surface area contributed by atoms with E-state index in [4.69, 9.17) is 4.74 Å². The Morgan fingerprint density at radius 3 is 2.61 bits per heavy atom. The highest BCUT2D eigenvalue weighted by Crippen LogP contribution is 2.27. The lowest BCUT2D eigenvalue weighted by molar-refractivity contribution is -0.385. The zero-order chi connectivity index (χ0) is 16.1. The molecule has 3 rings (SSSR count). The van der Waals surface area contributed by atoms with E-state index in [0.717, 1.165) is 17.1 Å². The first kappa shape index (κ1) is 15.2. The van der Waals surface area contributed by atoms with Crippen LogP contribution in [0.15, 0.2) is 60.0 Å². The molecule has 0 saturated carbocycles. The molecular weight excluding hydrogens is 312 g/mol. The lowest BCUT2D eigenvalue weighted by Gasteiger charge is -2.04. The van der Waals surface area contributed by atoms with Gasteiger partial charge in [-0.2, -0.15) is 0 Å². The summed E-state index contributed by atoms with van der Waals surface area (Å²) in [6.07, 6.45) is 0.775. The van der Waals surface area contributed by atoms with E-state index in [1.54, 1.807) is 29.5 Å². The number of nitro benzene ring substituents is 1. The van der Waals surface area contributed by atoms with Crippen LogP contribution < -0.4 is 4.74 Å². The summed E-state index contributed by atoms with van der Waals surface area (Å²) in [6, 6.07) is 16.5. The maximum Gasteiger partial charge on any atom is 0.310 e. The van der Waals surface area contributed by atoms with E-state index in [1.165, 1.54) is 11.6 Å². The van der Waals surface area contributed by atoms with Gasteiger partial charge in [-0.15, -0.1) is 11.3 Å². The second-order valence-electron chi connectivity index (χ2n) is 4.91. The van der Waals surface area contributed by atoms with Crippen molar-refractivity contribution in [2.24, 2.45) is 0 Å². The maximum atomic E-state index is 11.0. The Hall–Kier alpha value is -2.73. The topological polar surface area (TPSA) is 65.3 Å². The predicted molar refractivity (Wildman–Crippen MR) is 88.8 cm³/mol. The summed E-state index contributed by atoms with van der Waals surface area (Å²) in [5.74, 6) is 0.259. The first-order valence-corrected chi connectivity index (χ1v) is 7.94. The number of benzene rings is 2. The molecule has 0 amide bonds. The molecule has 0 aliphatic carbocycles. The number of nitro groups is 1. The second-order valence-corrected chi connectivity index (χ2v) is 5.85. The molecule has 0 N–H and O–H groups in total. The molecule has 1 heterocycles. The third kappa shape index (κ3) is 3.92. The van der Waals surface area contributed by atoms with Crippen molar-refractivity contribution >= 4 is 17.0 Å². The van der Waals surface area contributed by atoms with Gasteiger partial charge in [-0.05, 0) is 11.6 Å². The number of aromatic nitrogens is 1. The molecule has 0 aliphatic heterocycles. The van der Waals surface area contributed by atoms with Crippen molar-refractivity contribution in [2.45, 2.75) is 13.0 Å². The lowest BCUT2D eigenvalue weighted by atomic mass is 10.2. The van der Waals surface area contributed by atoms with Crippen molar-refractivity contribution in [3.05, 3.63) is 86.4 Å². The number of thiazole rings is 1. The van der Waals surface area contributed by atoms with Gasteiger partial charge in [0.1, 0.15) is 6.61 Å². The van der Waals surface area contributed by atoms with Crippen LogP contribution in [0.3, 0.4) is 0 Å². The van der Waals surface area contributed by atoms with Crippen LogP contribution in [0, 0.1) is 10.1 Å². The first-order chi connectivity index (χ1) is 11.2. The van der Waals surface area contributed by atoms with Gasteiger partial charge in [0.25, 0.3) is 0 Å². The van der Waals surface area contributed by atoms with Crippen molar-refractivity contribution in [1.82, 2.24) is 4.98 Å². The summed E-state index contributed by atoms with van der Waals surface area (Å²) < 4.78 is 5.55. The molecule has 0 aliphatic rings. The van der Waals surface area contributed by atoms with Crippen LogP contribution in [-0.2, 0) is 13.0 Å². The normalized spacial score (nSPS) is 10.4. The van der Waals surface area contributed by atoms with Gasteiger partial charge in [-0.3, -0.25) is 10.1 Å². The van der Waals surface area contributed by atoms with Crippen molar-refractivity contribution in [2.75, 3.05) is 0 Å². The Balaban J connectivity index is 1.65. The molecule has 6 heteroatoms. The van der Waals surface area contributed by atoms with Crippen LogP contribution >= 0.6 is 11.3 Å². The van der Waals surface area contributed by atoms with Gasteiger partial charge in [-0.1, -0.05) is 42.5 Å². The van der Waals surface area contributed by atoms with E-state index in [-0.39, 0.29) is 18.0 Å². The quantitative estimate of drug-likeness (QED) is 0.502. The lowest BCUT2D eigenvalue weighted by Crippen LogP contribution is -1.99. The second kappa shape index (κ2) is 7.02. The fourth-order valence-corrected chi connectivity index (χ4v) is 2.96. The third-order valence-corrected chi connectivity index (χ3v) is 4.13. The standard InChI is InChI=1S/C17H14N2O3S/c20-19(21)15-8-4-5-9-16(15)22-11-14-12-23-17(18-14)10-13-6-2-1-3-7-13/h1-9,12H,10-11H2. The Kier molecular flexibility index (Phi) is 4.63. The fourth-order valence-electron chi connectivity index (χ4n) is 2.15. The van der Waals surface area contributed by atoms with E-state index in [9.17, 15) is 10.1 Å². The van der Waals surface area contributed by atoms with Crippen LogP contribution in [0.2, 0.25) is 0 Å². The summed E-state index contributed by atoms with van der Waals surface area (Å²) in [5, 5.41) is 13.9. The van der Waals surface area contributed by atoms with Crippen molar-refractivity contribution in [1.29, 1.82) is 0 Å². The minimum absolute atomic E-state index is 0.0350. The summed E-state index contributed by atoms with van der Waals surface area (Å²) in [7, 11) is 0. The smallest absolute Gasteiger partial charge is 0.310 e. The molecular formula is C17H14N2O3S. The Labute approximate surface area is 137 Å². The van der Waals surface area contributed by atoms with Gasteiger partial charge in [0.15, 0.2) is 5.75 Å². The molecule has 116 valence electrons. The van der Waals surface area contributed by atoms with Gasteiger partial charge >= 0.3 is 5.69 Å². The molecule has 1 aromatic heterocycles. The van der Waals surface area contributed by atoms with Crippen LogP contribution in [0.4, 0.5) is 5.69 Å². The molecule has 5 nitrogen and oxygen atoms in total. The number of ether oxygens (including phenoxy) is 1. The minimum Gasteiger partial charge on any atom is -0.480 e. The molecule has 0 radical (unpaired) electrons. The van der Waals surface area contributed by atoms with E-state index < -0.39 is 4.92 Å². The van der Waals surface area contributed by atoms with Gasteiger partial charge in [0, 0.05) is 17.9 Å². The average Bonchev–Trinajstić information content (AvgIpc) is 3.01. The average molecular weight is 326 g/mol. The fraction of sp³-hybridized carbons (Fsp3) is 0.118.